The van der Waals surface area contributed by atoms with Crippen molar-refractivity contribution in [3.8, 4) is 5.75 Å². The Morgan fingerprint density at radius 1 is 1.40 bits per heavy atom. The minimum atomic E-state index is -0.524. The Hall–Kier alpha value is -1.36. The van der Waals surface area contributed by atoms with E-state index in [1.165, 1.54) is 7.11 Å². The summed E-state index contributed by atoms with van der Waals surface area (Å²) in [6.07, 6.45) is 2.09. The lowest BCUT2D eigenvalue weighted by atomic mass is 10.1. The quantitative estimate of drug-likeness (QED) is 0.655. The van der Waals surface area contributed by atoms with E-state index < -0.39 is 10.9 Å². The average molecular weight is 210 g/mol. The molecule has 0 radical (unpaired) electrons. The maximum absolute atomic E-state index is 11.2. The predicted molar refractivity (Wildman–Crippen MR) is 57.4 cm³/mol. The van der Waals surface area contributed by atoms with Crippen LogP contribution in [0.15, 0.2) is 9.59 Å². The monoisotopic (exact) mass is 210 g/mol. The molecule has 1 atom stereocenters. The van der Waals surface area contributed by atoms with Crippen molar-refractivity contribution in [2.45, 2.75) is 18.9 Å². The van der Waals surface area contributed by atoms with E-state index in [0.29, 0.717) is 5.69 Å². The van der Waals surface area contributed by atoms with Gasteiger partial charge in [-0.3, -0.25) is 9.59 Å². The Kier molecular flexibility index (Phi) is 2.73. The molecule has 1 saturated heterocycles. The van der Waals surface area contributed by atoms with Gasteiger partial charge in [-0.2, -0.15) is 0 Å². The lowest BCUT2D eigenvalue weighted by Gasteiger charge is -2.25. The molecule has 0 unspecified atom stereocenters. The number of anilines is 1. The summed E-state index contributed by atoms with van der Waals surface area (Å²) in [7, 11) is 1.40. The van der Waals surface area contributed by atoms with Crippen LogP contribution < -0.4 is 26.2 Å². The van der Waals surface area contributed by atoms with E-state index in [2.05, 4.69) is 10.6 Å². The van der Waals surface area contributed by atoms with Gasteiger partial charge in [0, 0.05) is 12.6 Å². The van der Waals surface area contributed by atoms with Crippen molar-refractivity contribution in [1.29, 1.82) is 0 Å². The fourth-order valence-corrected chi connectivity index (χ4v) is 1.88. The van der Waals surface area contributed by atoms with Crippen LogP contribution >= 0.6 is 0 Å². The Morgan fingerprint density at radius 3 is 2.80 bits per heavy atom. The molecule has 15 heavy (non-hydrogen) atoms. The lowest BCUT2D eigenvalue weighted by molar-refractivity contribution is 0.405. The van der Waals surface area contributed by atoms with Crippen LogP contribution in [0.5, 0.6) is 5.75 Å². The summed E-state index contributed by atoms with van der Waals surface area (Å²) in [5, 5.41) is 6.28. The summed E-state index contributed by atoms with van der Waals surface area (Å²) in [5.74, 6) is 0.172. The highest BCUT2D eigenvalue weighted by atomic mass is 16.5. The fraction of sp³-hybridized carbons (Fsp3) is 0.600. The highest BCUT2D eigenvalue weighted by Gasteiger charge is 2.24. The van der Waals surface area contributed by atoms with Gasteiger partial charge in [0.2, 0.25) is 0 Å². The fourth-order valence-electron chi connectivity index (χ4n) is 1.88. The first-order chi connectivity index (χ1) is 7.24. The smallest absolute Gasteiger partial charge is 0.271 e. The maximum Gasteiger partial charge on any atom is 0.271 e. The van der Waals surface area contributed by atoms with Crippen molar-refractivity contribution in [3.63, 3.8) is 0 Å². The van der Waals surface area contributed by atoms with E-state index in [4.69, 9.17) is 4.74 Å². The van der Waals surface area contributed by atoms with Crippen LogP contribution in [0.25, 0.3) is 0 Å². The molecule has 2 N–H and O–H groups in total. The topological polar surface area (TPSA) is 67.4 Å². The van der Waals surface area contributed by atoms with Gasteiger partial charge in [0.25, 0.3) is 10.9 Å². The minimum Gasteiger partial charge on any atom is -0.491 e. The van der Waals surface area contributed by atoms with E-state index in [1.807, 2.05) is 0 Å². The van der Waals surface area contributed by atoms with Gasteiger partial charge in [0.05, 0.1) is 7.11 Å². The SMILES string of the molecule is COc1c(N[C@@H]2CCCNC2)c(=O)c1=O. The molecule has 1 fully saturated rings. The third-order valence-corrected chi connectivity index (χ3v) is 2.72. The molecule has 0 saturated carbocycles. The molecule has 0 amide bonds. The van der Waals surface area contributed by atoms with Crippen LogP contribution in [0.3, 0.4) is 0 Å². The van der Waals surface area contributed by atoms with Crippen molar-refractivity contribution in [1.82, 2.24) is 5.32 Å². The van der Waals surface area contributed by atoms with Crippen molar-refractivity contribution in [2.24, 2.45) is 0 Å². The van der Waals surface area contributed by atoms with Crippen LogP contribution in [-0.4, -0.2) is 26.2 Å². The number of methoxy groups -OCH3 is 1. The summed E-state index contributed by atoms with van der Waals surface area (Å²) < 4.78 is 4.85. The largest absolute Gasteiger partial charge is 0.491 e. The second-order valence-electron chi connectivity index (χ2n) is 3.75. The molecule has 1 aromatic rings. The van der Waals surface area contributed by atoms with E-state index in [-0.39, 0.29) is 11.8 Å². The van der Waals surface area contributed by atoms with Crippen molar-refractivity contribution in [2.75, 3.05) is 25.5 Å². The maximum atomic E-state index is 11.2. The van der Waals surface area contributed by atoms with E-state index in [0.717, 1.165) is 25.9 Å². The number of rotatable bonds is 3. The molecular weight excluding hydrogens is 196 g/mol. The third kappa shape index (κ3) is 1.74. The van der Waals surface area contributed by atoms with Crippen LogP contribution in [0.4, 0.5) is 5.69 Å². The Balaban J connectivity index is 2.07. The first-order valence-corrected chi connectivity index (χ1v) is 5.08. The van der Waals surface area contributed by atoms with Crippen molar-refractivity contribution in [3.05, 3.63) is 20.4 Å². The summed E-state index contributed by atoms with van der Waals surface area (Å²) >= 11 is 0. The third-order valence-electron chi connectivity index (χ3n) is 2.72. The molecule has 0 bridgehead atoms. The van der Waals surface area contributed by atoms with Gasteiger partial charge >= 0.3 is 0 Å². The average Bonchev–Trinajstić information content (AvgIpc) is 2.29. The number of hydrogen-bond donors (Lipinski definition) is 2. The Bertz CT molecular complexity index is 414. The number of ether oxygens (including phenoxy) is 1. The Labute approximate surface area is 87.1 Å². The molecule has 0 aliphatic carbocycles. The molecule has 2 rings (SSSR count). The van der Waals surface area contributed by atoms with Gasteiger partial charge in [-0.1, -0.05) is 0 Å². The highest BCUT2D eigenvalue weighted by Crippen LogP contribution is 2.19. The van der Waals surface area contributed by atoms with Gasteiger partial charge in [0.15, 0.2) is 5.75 Å². The zero-order valence-electron chi connectivity index (χ0n) is 8.63. The standard InChI is InChI=1S/C10H14N2O3/c1-15-10-7(8(13)9(10)14)12-6-3-2-4-11-5-6/h6,11-12H,2-5H2,1H3/t6-/m1/s1. The molecule has 0 spiro atoms. The number of nitrogens with one attached hydrogen (secondary N) is 2. The van der Waals surface area contributed by atoms with Gasteiger partial charge in [-0.05, 0) is 19.4 Å². The zero-order chi connectivity index (χ0) is 10.8. The van der Waals surface area contributed by atoms with Gasteiger partial charge < -0.3 is 15.4 Å². The molecular formula is C10H14N2O3. The lowest BCUT2D eigenvalue weighted by Crippen LogP contribution is -2.43. The summed E-state index contributed by atoms with van der Waals surface area (Å²) in [6.45, 7) is 1.84. The van der Waals surface area contributed by atoms with Crippen LogP contribution in [-0.2, 0) is 0 Å². The molecule has 82 valence electrons. The summed E-state index contributed by atoms with van der Waals surface area (Å²) in [5.41, 5.74) is -0.641. The molecule has 1 aliphatic heterocycles. The van der Waals surface area contributed by atoms with Crippen LogP contribution in [0, 0.1) is 0 Å². The van der Waals surface area contributed by atoms with Crippen molar-refractivity contribution < 1.29 is 4.74 Å². The summed E-state index contributed by atoms with van der Waals surface area (Å²) in [4.78, 5) is 22.3. The van der Waals surface area contributed by atoms with Gasteiger partial charge in [0.1, 0.15) is 5.69 Å². The van der Waals surface area contributed by atoms with Crippen molar-refractivity contribution >= 4 is 5.69 Å². The summed E-state index contributed by atoms with van der Waals surface area (Å²) in [6, 6.07) is 0.218. The minimum absolute atomic E-state index is 0.172. The van der Waals surface area contributed by atoms with Crippen LogP contribution in [0.2, 0.25) is 0 Å². The Morgan fingerprint density at radius 2 is 2.20 bits per heavy atom. The molecule has 0 aromatic heterocycles. The first kappa shape index (κ1) is 10.2. The molecule has 5 heteroatoms. The number of piperidine rings is 1. The normalized spacial score (nSPS) is 21.5. The van der Waals surface area contributed by atoms with E-state index in [1.54, 1.807) is 0 Å². The van der Waals surface area contributed by atoms with Gasteiger partial charge in [-0.25, -0.2) is 0 Å². The molecule has 1 aromatic carbocycles. The number of hydrogen-bond acceptors (Lipinski definition) is 5. The first-order valence-electron chi connectivity index (χ1n) is 5.08. The predicted octanol–water partition coefficient (Wildman–Crippen LogP) is -0.545. The molecule has 1 aliphatic rings. The highest BCUT2D eigenvalue weighted by molar-refractivity contribution is 5.62. The second kappa shape index (κ2) is 4.02. The van der Waals surface area contributed by atoms with E-state index in [9.17, 15) is 9.59 Å². The van der Waals surface area contributed by atoms with Gasteiger partial charge in [-0.15, -0.1) is 0 Å². The second-order valence-corrected chi connectivity index (χ2v) is 3.75. The molecule has 5 nitrogen and oxygen atoms in total. The molecule has 1 heterocycles. The zero-order valence-corrected chi connectivity index (χ0v) is 8.63. The van der Waals surface area contributed by atoms with E-state index >= 15 is 0 Å². The van der Waals surface area contributed by atoms with Crippen LogP contribution in [0.1, 0.15) is 12.8 Å².